The van der Waals surface area contributed by atoms with Crippen molar-refractivity contribution in [2.45, 2.75) is 64.6 Å². The minimum absolute atomic E-state index is 0.107. The number of hydrogen-bond acceptors (Lipinski definition) is 5. The Morgan fingerprint density at radius 1 is 1.17 bits per heavy atom. The van der Waals surface area contributed by atoms with Crippen LogP contribution in [0.1, 0.15) is 68.7 Å². The molecule has 0 radical (unpaired) electrons. The summed E-state index contributed by atoms with van der Waals surface area (Å²) in [6, 6.07) is 10.8. The van der Waals surface area contributed by atoms with Gasteiger partial charge in [0, 0.05) is 10.9 Å². The van der Waals surface area contributed by atoms with Crippen molar-refractivity contribution in [3.63, 3.8) is 0 Å². The number of nitrogens with zero attached hydrogens (tertiary/aromatic N) is 1. The first-order valence-corrected chi connectivity index (χ1v) is 12.5. The van der Waals surface area contributed by atoms with E-state index in [1.807, 2.05) is 45.9 Å². The monoisotopic (exact) mass is 517 g/mol. The quantitative estimate of drug-likeness (QED) is 0.260. The molecular formula is C28H33Cl2NO4. The Balaban J connectivity index is 1.81. The average molecular weight is 518 g/mol. The Hall–Kier alpha value is -2.31. The number of aliphatic hydroxyl groups is 2. The van der Waals surface area contributed by atoms with Crippen molar-refractivity contribution < 1.29 is 19.4 Å². The molecule has 1 unspecified atom stereocenters. The highest BCUT2D eigenvalue weighted by molar-refractivity contribution is 6.36. The van der Waals surface area contributed by atoms with Gasteiger partial charge in [-0.25, -0.2) is 4.98 Å². The zero-order chi connectivity index (χ0) is 25.8. The van der Waals surface area contributed by atoms with Crippen LogP contribution in [0.2, 0.25) is 10.0 Å². The van der Waals surface area contributed by atoms with Gasteiger partial charge in [0.05, 0.1) is 29.0 Å². The van der Waals surface area contributed by atoms with E-state index in [1.54, 1.807) is 24.3 Å². The van der Waals surface area contributed by atoms with E-state index in [2.05, 4.69) is 6.58 Å². The van der Waals surface area contributed by atoms with E-state index < -0.39 is 11.7 Å². The van der Waals surface area contributed by atoms with Crippen LogP contribution in [0.5, 0.6) is 5.75 Å². The van der Waals surface area contributed by atoms with Gasteiger partial charge in [-0.2, -0.15) is 0 Å². The van der Waals surface area contributed by atoms with Crippen LogP contribution >= 0.6 is 23.2 Å². The van der Waals surface area contributed by atoms with Crippen LogP contribution in [0.15, 0.2) is 53.5 Å². The molecule has 5 nitrogen and oxygen atoms in total. The van der Waals surface area contributed by atoms with E-state index in [4.69, 9.17) is 37.3 Å². The third-order valence-electron chi connectivity index (χ3n) is 5.67. The predicted molar refractivity (Wildman–Crippen MR) is 141 cm³/mol. The molecule has 0 aliphatic carbocycles. The smallest absolute Gasteiger partial charge is 0.228 e. The van der Waals surface area contributed by atoms with Crippen LogP contribution in [-0.4, -0.2) is 27.4 Å². The molecule has 35 heavy (non-hydrogen) atoms. The van der Waals surface area contributed by atoms with E-state index in [9.17, 15) is 10.2 Å². The van der Waals surface area contributed by atoms with Crippen LogP contribution in [0, 0.1) is 0 Å². The fraction of sp³-hybridized carbons (Fsp3) is 0.393. The summed E-state index contributed by atoms with van der Waals surface area (Å²) >= 11 is 12.4. The highest BCUT2D eigenvalue weighted by Crippen LogP contribution is 2.34. The third kappa shape index (κ3) is 6.89. The first kappa shape index (κ1) is 27.3. The molecule has 3 aromatic rings. The molecule has 1 heterocycles. The van der Waals surface area contributed by atoms with Gasteiger partial charge in [-0.3, -0.25) is 0 Å². The SMILES string of the molecule is C=CCc1cc(C(O)CCc2nc(-c3ccc(Cl)cc3Cl)oc2C(C)C)ccc1OC(C)(C)CO. The molecule has 0 bridgehead atoms. The Morgan fingerprint density at radius 2 is 1.91 bits per heavy atom. The van der Waals surface area contributed by atoms with Crippen molar-refractivity contribution in [2.24, 2.45) is 0 Å². The van der Waals surface area contributed by atoms with Crippen molar-refractivity contribution in [2.75, 3.05) is 6.61 Å². The summed E-state index contributed by atoms with van der Waals surface area (Å²) in [5.41, 5.74) is 2.46. The topological polar surface area (TPSA) is 75.7 Å². The van der Waals surface area contributed by atoms with E-state index in [1.165, 1.54) is 0 Å². The number of benzene rings is 2. The first-order chi connectivity index (χ1) is 16.5. The molecule has 0 aliphatic heterocycles. The number of rotatable bonds is 11. The molecule has 0 amide bonds. The number of aryl methyl sites for hydroxylation is 1. The van der Waals surface area contributed by atoms with E-state index in [-0.39, 0.29) is 12.5 Å². The molecule has 2 N–H and O–H groups in total. The summed E-state index contributed by atoms with van der Waals surface area (Å²) in [4.78, 5) is 4.71. The maximum Gasteiger partial charge on any atom is 0.228 e. The molecule has 0 saturated heterocycles. The van der Waals surface area contributed by atoms with Gasteiger partial charge in [-0.05, 0) is 74.6 Å². The lowest BCUT2D eigenvalue weighted by molar-refractivity contribution is 0.0404. The number of halogens is 2. The third-order valence-corrected chi connectivity index (χ3v) is 6.22. The maximum atomic E-state index is 11.0. The van der Waals surface area contributed by atoms with Gasteiger partial charge in [-0.1, -0.05) is 49.2 Å². The molecular weight excluding hydrogens is 485 g/mol. The average Bonchev–Trinajstić information content (AvgIpc) is 3.23. The van der Waals surface area contributed by atoms with Crippen LogP contribution in [0.25, 0.3) is 11.5 Å². The molecule has 0 spiro atoms. The Labute approximate surface area is 217 Å². The van der Waals surface area contributed by atoms with Crippen molar-refractivity contribution in [3.05, 3.63) is 81.7 Å². The molecule has 0 fully saturated rings. The highest BCUT2D eigenvalue weighted by Gasteiger charge is 2.22. The molecule has 0 saturated carbocycles. The molecule has 1 atom stereocenters. The van der Waals surface area contributed by atoms with Crippen molar-refractivity contribution >= 4 is 23.2 Å². The molecule has 7 heteroatoms. The first-order valence-electron chi connectivity index (χ1n) is 11.7. The normalized spacial score (nSPS) is 12.7. The zero-order valence-corrected chi connectivity index (χ0v) is 22.2. The van der Waals surface area contributed by atoms with Crippen LogP contribution in [-0.2, 0) is 12.8 Å². The van der Waals surface area contributed by atoms with Crippen molar-refractivity contribution in [1.29, 1.82) is 0 Å². The lowest BCUT2D eigenvalue weighted by Crippen LogP contribution is -2.32. The van der Waals surface area contributed by atoms with Gasteiger partial charge in [0.2, 0.25) is 5.89 Å². The van der Waals surface area contributed by atoms with Gasteiger partial charge in [-0.15, -0.1) is 6.58 Å². The summed E-state index contributed by atoms with van der Waals surface area (Å²) in [5.74, 6) is 2.02. The van der Waals surface area contributed by atoms with Gasteiger partial charge >= 0.3 is 0 Å². The summed E-state index contributed by atoms with van der Waals surface area (Å²) in [6.45, 7) is 11.5. The largest absolute Gasteiger partial charge is 0.485 e. The van der Waals surface area contributed by atoms with Gasteiger partial charge < -0.3 is 19.4 Å². The fourth-order valence-electron chi connectivity index (χ4n) is 3.76. The van der Waals surface area contributed by atoms with E-state index in [0.717, 1.165) is 22.6 Å². The number of aliphatic hydroxyl groups excluding tert-OH is 2. The van der Waals surface area contributed by atoms with Gasteiger partial charge in [0.1, 0.15) is 17.1 Å². The number of oxazole rings is 1. The highest BCUT2D eigenvalue weighted by atomic mass is 35.5. The predicted octanol–water partition coefficient (Wildman–Crippen LogP) is 7.32. The number of ether oxygens (including phenoxy) is 1. The van der Waals surface area contributed by atoms with E-state index in [0.29, 0.717) is 46.5 Å². The molecule has 1 aromatic heterocycles. The molecule has 3 rings (SSSR count). The van der Waals surface area contributed by atoms with E-state index >= 15 is 0 Å². The molecule has 188 valence electrons. The lowest BCUT2D eigenvalue weighted by atomic mass is 9.98. The number of allylic oxidation sites excluding steroid dienone is 1. The van der Waals surface area contributed by atoms with Gasteiger partial charge in [0.15, 0.2) is 0 Å². The number of hydrogen-bond donors (Lipinski definition) is 2. The second-order valence-electron chi connectivity index (χ2n) is 9.54. The number of aromatic nitrogens is 1. The van der Waals surface area contributed by atoms with Crippen LogP contribution in [0.4, 0.5) is 0 Å². The fourth-order valence-corrected chi connectivity index (χ4v) is 4.25. The molecule has 2 aromatic carbocycles. The Bertz CT molecular complexity index is 1170. The summed E-state index contributed by atoms with van der Waals surface area (Å²) < 4.78 is 12.1. The van der Waals surface area contributed by atoms with Gasteiger partial charge in [0.25, 0.3) is 0 Å². The van der Waals surface area contributed by atoms with Crippen LogP contribution in [0.3, 0.4) is 0 Å². The summed E-state index contributed by atoms with van der Waals surface area (Å²) in [7, 11) is 0. The summed E-state index contributed by atoms with van der Waals surface area (Å²) in [5, 5.41) is 21.5. The zero-order valence-electron chi connectivity index (χ0n) is 20.6. The Kier molecular flexibility index (Phi) is 9.05. The van der Waals surface area contributed by atoms with Crippen molar-refractivity contribution in [3.8, 4) is 17.2 Å². The molecule has 0 aliphatic rings. The second kappa shape index (κ2) is 11.6. The Morgan fingerprint density at radius 3 is 2.54 bits per heavy atom. The second-order valence-corrected chi connectivity index (χ2v) is 10.4. The summed E-state index contributed by atoms with van der Waals surface area (Å²) in [6.07, 6.45) is 2.69. The van der Waals surface area contributed by atoms with Crippen LogP contribution < -0.4 is 4.74 Å². The minimum Gasteiger partial charge on any atom is -0.485 e. The minimum atomic E-state index is -0.707. The lowest BCUT2D eigenvalue weighted by Gasteiger charge is -2.26. The maximum absolute atomic E-state index is 11.0. The van der Waals surface area contributed by atoms with Crippen molar-refractivity contribution in [1.82, 2.24) is 4.98 Å². The standard InChI is InChI=1S/C28H33Cl2NO4/c1-6-7-19-14-18(8-13-25(19)35-28(4,5)16-32)24(33)12-11-23-26(17(2)3)34-27(31-23)21-10-9-20(29)15-22(21)30/h6,8-10,13-15,17,24,32-33H,1,7,11-12,16H2,2-5H3.